The number of nitrogens with zero attached hydrogens (tertiary/aromatic N) is 3. The standard InChI is InChI=1S/C15H13N3O2/c16-7-10-8-17-13-4-2-1-3-12(13)15(10)18(9-14(19)20)11-5-6-11/h1-4,8,11H,5-6,9H2,(H,19,20). The van der Waals surface area contributed by atoms with Crippen molar-refractivity contribution in [1.82, 2.24) is 4.98 Å². The number of aliphatic carboxylic acids is 1. The number of fused-ring (bicyclic) bond motifs is 1. The molecule has 1 aromatic carbocycles. The van der Waals surface area contributed by atoms with Crippen molar-refractivity contribution in [3.63, 3.8) is 0 Å². The molecule has 1 aromatic heterocycles. The Morgan fingerprint density at radius 1 is 1.45 bits per heavy atom. The smallest absolute Gasteiger partial charge is 0.323 e. The molecule has 0 saturated heterocycles. The minimum Gasteiger partial charge on any atom is -0.480 e. The van der Waals surface area contributed by atoms with Gasteiger partial charge in [0.2, 0.25) is 0 Å². The lowest BCUT2D eigenvalue weighted by molar-refractivity contribution is -0.135. The molecule has 1 fully saturated rings. The van der Waals surface area contributed by atoms with Gasteiger partial charge in [-0.15, -0.1) is 0 Å². The van der Waals surface area contributed by atoms with E-state index < -0.39 is 5.97 Å². The maximum absolute atomic E-state index is 11.1. The summed E-state index contributed by atoms with van der Waals surface area (Å²) >= 11 is 0. The minimum atomic E-state index is -0.887. The monoisotopic (exact) mass is 267 g/mol. The quantitative estimate of drug-likeness (QED) is 0.918. The zero-order chi connectivity index (χ0) is 14.1. The molecule has 1 aliphatic rings. The van der Waals surface area contributed by atoms with Crippen molar-refractivity contribution in [2.75, 3.05) is 11.4 Å². The minimum absolute atomic E-state index is 0.0899. The Labute approximate surface area is 116 Å². The normalized spacial score (nSPS) is 13.9. The number of nitriles is 1. The van der Waals surface area contributed by atoms with Gasteiger partial charge in [0.25, 0.3) is 0 Å². The summed E-state index contributed by atoms with van der Waals surface area (Å²) in [6.45, 7) is -0.0899. The lowest BCUT2D eigenvalue weighted by atomic mass is 10.1. The maximum atomic E-state index is 11.1. The number of anilines is 1. The van der Waals surface area contributed by atoms with Crippen LogP contribution < -0.4 is 4.90 Å². The van der Waals surface area contributed by atoms with Crippen LogP contribution in [0.4, 0.5) is 5.69 Å². The number of benzene rings is 1. The Morgan fingerprint density at radius 3 is 2.85 bits per heavy atom. The van der Waals surface area contributed by atoms with Crippen molar-refractivity contribution >= 4 is 22.6 Å². The third-order valence-corrected chi connectivity index (χ3v) is 3.45. The highest BCUT2D eigenvalue weighted by atomic mass is 16.4. The molecule has 5 nitrogen and oxygen atoms in total. The van der Waals surface area contributed by atoms with Crippen molar-refractivity contribution in [2.24, 2.45) is 0 Å². The van der Waals surface area contributed by atoms with Crippen molar-refractivity contribution < 1.29 is 9.90 Å². The Hall–Kier alpha value is -2.61. The number of carboxylic acids is 1. The Balaban J connectivity index is 2.21. The summed E-state index contributed by atoms with van der Waals surface area (Å²) in [7, 11) is 0. The van der Waals surface area contributed by atoms with E-state index in [1.54, 1.807) is 0 Å². The molecule has 0 spiro atoms. The molecule has 100 valence electrons. The lowest BCUT2D eigenvalue weighted by Crippen LogP contribution is -2.32. The molecule has 2 aromatic rings. The fraction of sp³-hybridized carbons (Fsp3) is 0.267. The van der Waals surface area contributed by atoms with E-state index in [0.717, 1.165) is 23.7 Å². The van der Waals surface area contributed by atoms with Gasteiger partial charge in [-0.3, -0.25) is 9.78 Å². The first kappa shape index (κ1) is 12.4. The number of rotatable bonds is 4. The van der Waals surface area contributed by atoms with Crippen LogP contribution in [0.2, 0.25) is 0 Å². The van der Waals surface area contributed by atoms with Gasteiger partial charge >= 0.3 is 5.97 Å². The molecule has 5 heteroatoms. The molecule has 0 atom stereocenters. The fourth-order valence-corrected chi connectivity index (χ4v) is 2.44. The van der Waals surface area contributed by atoms with Gasteiger partial charge in [0.1, 0.15) is 12.6 Å². The molecule has 1 heterocycles. The van der Waals surface area contributed by atoms with Gasteiger partial charge in [-0.2, -0.15) is 5.26 Å². The average Bonchev–Trinajstić information content (AvgIpc) is 3.28. The third-order valence-electron chi connectivity index (χ3n) is 3.45. The van der Waals surface area contributed by atoms with Gasteiger partial charge in [0.05, 0.1) is 16.8 Å². The zero-order valence-corrected chi connectivity index (χ0v) is 10.8. The molecular formula is C15H13N3O2. The molecule has 0 unspecified atom stereocenters. The van der Waals surface area contributed by atoms with Crippen LogP contribution in [-0.4, -0.2) is 28.6 Å². The Bertz CT molecular complexity index is 717. The molecule has 0 aliphatic heterocycles. The van der Waals surface area contributed by atoms with E-state index in [4.69, 9.17) is 5.11 Å². The number of pyridine rings is 1. The third kappa shape index (κ3) is 2.16. The highest BCUT2D eigenvalue weighted by molar-refractivity contribution is 5.96. The number of hydrogen-bond acceptors (Lipinski definition) is 4. The SMILES string of the molecule is N#Cc1cnc2ccccc2c1N(CC(=O)O)C1CC1. The van der Waals surface area contributed by atoms with Gasteiger partial charge in [-0.1, -0.05) is 18.2 Å². The second kappa shape index (κ2) is 4.82. The predicted octanol–water partition coefficient (Wildman–Crippen LogP) is 2.16. The van der Waals surface area contributed by atoms with Crippen LogP contribution in [0.1, 0.15) is 18.4 Å². The zero-order valence-electron chi connectivity index (χ0n) is 10.8. The number of hydrogen-bond donors (Lipinski definition) is 1. The van der Waals surface area contributed by atoms with Crippen molar-refractivity contribution in [1.29, 1.82) is 5.26 Å². The van der Waals surface area contributed by atoms with Crippen LogP contribution in [0.3, 0.4) is 0 Å². The van der Waals surface area contributed by atoms with E-state index in [9.17, 15) is 10.1 Å². The summed E-state index contributed by atoms with van der Waals surface area (Å²) in [5.74, 6) is -0.887. The van der Waals surface area contributed by atoms with E-state index in [0.29, 0.717) is 11.3 Å². The first-order chi connectivity index (χ1) is 9.70. The topological polar surface area (TPSA) is 77.2 Å². The lowest BCUT2D eigenvalue weighted by Gasteiger charge is -2.25. The number of carboxylic acid groups (broad SMARTS) is 1. The highest BCUT2D eigenvalue weighted by Crippen LogP contribution is 2.37. The van der Waals surface area contributed by atoms with E-state index in [1.165, 1.54) is 6.20 Å². The van der Waals surface area contributed by atoms with Crippen LogP contribution in [0, 0.1) is 11.3 Å². The molecule has 1 N–H and O–H groups in total. The molecule has 1 aliphatic carbocycles. The summed E-state index contributed by atoms with van der Waals surface area (Å²) in [5.41, 5.74) is 1.90. The van der Waals surface area contributed by atoms with Crippen LogP contribution in [0.25, 0.3) is 10.9 Å². The second-order valence-electron chi connectivity index (χ2n) is 4.90. The van der Waals surface area contributed by atoms with E-state index in [2.05, 4.69) is 11.1 Å². The molecule has 0 bridgehead atoms. The van der Waals surface area contributed by atoms with Gasteiger partial charge in [0.15, 0.2) is 0 Å². The molecular weight excluding hydrogens is 254 g/mol. The summed E-state index contributed by atoms with van der Waals surface area (Å²) in [4.78, 5) is 17.2. The molecule has 0 radical (unpaired) electrons. The van der Waals surface area contributed by atoms with Crippen molar-refractivity contribution in [3.8, 4) is 6.07 Å². The molecule has 3 rings (SSSR count). The maximum Gasteiger partial charge on any atom is 0.323 e. The van der Waals surface area contributed by atoms with Crippen LogP contribution in [-0.2, 0) is 4.79 Å². The largest absolute Gasteiger partial charge is 0.480 e. The van der Waals surface area contributed by atoms with Gasteiger partial charge in [-0.05, 0) is 18.9 Å². The summed E-state index contributed by atoms with van der Waals surface area (Å²) in [6.07, 6.45) is 3.46. The van der Waals surface area contributed by atoms with E-state index in [-0.39, 0.29) is 12.6 Å². The van der Waals surface area contributed by atoms with Gasteiger partial charge < -0.3 is 10.0 Å². The van der Waals surface area contributed by atoms with Crippen molar-refractivity contribution in [3.05, 3.63) is 36.0 Å². The Morgan fingerprint density at radius 2 is 2.20 bits per heavy atom. The predicted molar refractivity (Wildman–Crippen MR) is 74.5 cm³/mol. The second-order valence-corrected chi connectivity index (χ2v) is 4.90. The van der Waals surface area contributed by atoms with Crippen molar-refractivity contribution in [2.45, 2.75) is 18.9 Å². The Kier molecular flexibility index (Phi) is 2.99. The fourth-order valence-electron chi connectivity index (χ4n) is 2.44. The first-order valence-electron chi connectivity index (χ1n) is 6.47. The summed E-state index contributed by atoms with van der Waals surface area (Å²) < 4.78 is 0. The van der Waals surface area contributed by atoms with Crippen LogP contribution in [0.5, 0.6) is 0 Å². The van der Waals surface area contributed by atoms with Gasteiger partial charge in [-0.25, -0.2) is 0 Å². The number of para-hydroxylation sites is 1. The van der Waals surface area contributed by atoms with E-state index >= 15 is 0 Å². The highest BCUT2D eigenvalue weighted by Gasteiger charge is 2.33. The van der Waals surface area contributed by atoms with E-state index in [1.807, 2.05) is 29.2 Å². The summed E-state index contributed by atoms with van der Waals surface area (Å²) in [5, 5.41) is 19.2. The number of carbonyl (C=O) groups is 1. The van der Waals surface area contributed by atoms with Crippen LogP contribution in [0.15, 0.2) is 30.5 Å². The van der Waals surface area contributed by atoms with Crippen LogP contribution >= 0.6 is 0 Å². The average molecular weight is 267 g/mol. The molecule has 1 saturated carbocycles. The molecule has 20 heavy (non-hydrogen) atoms. The van der Waals surface area contributed by atoms with Gasteiger partial charge in [0, 0.05) is 17.6 Å². The first-order valence-corrected chi connectivity index (χ1v) is 6.47. The number of aromatic nitrogens is 1. The molecule has 0 amide bonds. The summed E-state index contributed by atoms with van der Waals surface area (Å²) in [6, 6.07) is 9.84.